The van der Waals surface area contributed by atoms with Gasteiger partial charge in [-0.1, -0.05) is 77.2 Å². The van der Waals surface area contributed by atoms with Gasteiger partial charge < -0.3 is 5.11 Å². The van der Waals surface area contributed by atoms with Gasteiger partial charge in [0.1, 0.15) is 0 Å². The maximum atomic E-state index is 13.2. The second-order valence-corrected chi connectivity index (χ2v) is 16.4. The summed E-state index contributed by atoms with van der Waals surface area (Å²) in [5.74, 6) is 3.37. The molecule has 0 aliphatic heterocycles. The van der Waals surface area contributed by atoms with E-state index in [2.05, 4.69) is 45.5 Å². The fourth-order valence-corrected chi connectivity index (χ4v) is 10.2. The van der Waals surface area contributed by atoms with E-state index in [9.17, 15) is 13.5 Å². The number of hydrogen-bond acceptors (Lipinski definition) is 4. The molecule has 2 N–H and O–H groups in total. The lowest BCUT2D eigenvalue weighted by atomic mass is 9.46. The molecule has 0 unspecified atom stereocenters. The van der Waals surface area contributed by atoms with E-state index in [0.717, 1.165) is 36.5 Å². The summed E-state index contributed by atoms with van der Waals surface area (Å²) in [6.07, 6.45) is 13.2. The monoisotopic (exact) mass is 568 g/mol. The van der Waals surface area contributed by atoms with E-state index >= 15 is 0 Å². The molecular formula is C34H52N2O3S. The highest BCUT2D eigenvalue weighted by molar-refractivity contribution is 7.89. The van der Waals surface area contributed by atoms with Crippen molar-refractivity contribution in [2.75, 3.05) is 0 Å². The van der Waals surface area contributed by atoms with E-state index in [0.29, 0.717) is 30.1 Å². The largest absolute Gasteiger partial charge is 0.393 e. The van der Waals surface area contributed by atoms with Crippen molar-refractivity contribution in [3.8, 4) is 0 Å². The van der Waals surface area contributed by atoms with Crippen molar-refractivity contribution in [2.24, 2.45) is 51.4 Å². The molecule has 3 fully saturated rings. The van der Waals surface area contributed by atoms with Crippen molar-refractivity contribution in [3.05, 3.63) is 41.5 Å². The van der Waals surface area contributed by atoms with Crippen LogP contribution < -0.4 is 4.83 Å². The van der Waals surface area contributed by atoms with Crippen LogP contribution >= 0.6 is 0 Å². The van der Waals surface area contributed by atoms with Crippen molar-refractivity contribution >= 4 is 15.7 Å². The molecule has 6 heteroatoms. The Bertz CT molecular complexity index is 1240. The van der Waals surface area contributed by atoms with Crippen LogP contribution in [0.1, 0.15) is 104 Å². The second kappa shape index (κ2) is 11.2. The first kappa shape index (κ1) is 29.8. The lowest BCUT2D eigenvalue weighted by Gasteiger charge is -2.58. The Labute approximate surface area is 243 Å². The number of sulfonamides is 1. The molecular weight excluding hydrogens is 516 g/mol. The lowest BCUT2D eigenvalue weighted by molar-refractivity contribution is -0.0302. The standard InChI is InChI=1S/C34H52N2O3S/c1-22(2)8-7-9-24(4)28-14-15-29-32-30(17-19-34(28,29)6)33(5)18-16-26(37)20-25(33)21-31(32)35-36-40(38,39)27-12-10-23(3)11-13-27/h10-13,21-22,24,26,28-30,32,36-37H,7-9,14-20H2,1-6H3/t24-,26+,28-,29+,30+,32+,33+,34-/m1/s1. The van der Waals surface area contributed by atoms with Crippen LogP contribution in [0, 0.1) is 53.3 Å². The lowest BCUT2D eigenvalue weighted by Crippen LogP contribution is -2.54. The third kappa shape index (κ3) is 5.44. The van der Waals surface area contributed by atoms with Crippen molar-refractivity contribution in [2.45, 2.75) is 117 Å². The van der Waals surface area contributed by atoms with Gasteiger partial charge in [0, 0.05) is 5.92 Å². The maximum Gasteiger partial charge on any atom is 0.276 e. The topological polar surface area (TPSA) is 78.8 Å². The minimum atomic E-state index is -3.76. The van der Waals surface area contributed by atoms with Crippen molar-refractivity contribution < 1.29 is 13.5 Å². The number of aryl methyl sites for hydroxylation is 1. The average molecular weight is 569 g/mol. The number of hydrogen-bond donors (Lipinski definition) is 2. The molecule has 1 aromatic rings. The first-order valence-corrected chi connectivity index (χ1v) is 17.4. The predicted molar refractivity (Wildman–Crippen MR) is 163 cm³/mol. The van der Waals surface area contributed by atoms with E-state index < -0.39 is 10.0 Å². The minimum Gasteiger partial charge on any atom is -0.393 e. The van der Waals surface area contributed by atoms with Gasteiger partial charge in [-0.3, -0.25) is 0 Å². The first-order valence-electron chi connectivity index (χ1n) is 15.9. The molecule has 0 bridgehead atoms. The second-order valence-electron chi connectivity index (χ2n) is 14.7. The number of benzene rings is 1. The normalized spacial score (nSPS) is 37.5. The zero-order valence-electron chi connectivity index (χ0n) is 25.6. The van der Waals surface area contributed by atoms with Gasteiger partial charge in [0.25, 0.3) is 10.0 Å². The van der Waals surface area contributed by atoms with Crippen LogP contribution in [-0.2, 0) is 10.0 Å². The van der Waals surface area contributed by atoms with Crippen LogP contribution in [0.15, 0.2) is 45.9 Å². The SMILES string of the molecule is Cc1ccc(S(=O)(=O)NN=C2C=C3C[C@@H](O)CC[C@]3(C)[C@H]3CC[C@]4(C)[C@@H]([C@H](C)CCCC(C)C)CC[C@H]4[C@H]23)cc1. The fourth-order valence-electron chi connectivity index (χ4n) is 9.42. The number of aliphatic hydroxyl groups excluding tert-OH is 1. The van der Waals surface area contributed by atoms with Crippen molar-refractivity contribution in [3.63, 3.8) is 0 Å². The molecule has 40 heavy (non-hydrogen) atoms. The zero-order chi connectivity index (χ0) is 28.9. The molecule has 4 aliphatic rings. The number of aliphatic hydroxyl groups is 1. The molecule has 0 spiro atoms. The summed E-state index contributed by atoms with van der Waals surface area (Å²) in [7, 11) is -3.76. The first-order chi connectivity index (χ1) is 18.8. The third-order valence-electron chi connectivity index (χ3n) is 11.8. The number of hydrazone groups is 1. The maximum absolute atomic E-state index is 13.2. The molecule has 0 amide bonds. The summed E-state index contributed by atoms with van der Waals surface area (Å²) in [5, 5.41) is 15.3. The van der Waals surface area contributed by atoms with Gasteiger partial charge in [0.05, 0.1) is 16.7 Å². The summed E-state index contributed by atoms with van der Waals surface area (Å²) in [4.78, 5) is 2.88. The highest BCUT2D eigenvalue weighted by Gasteiger charge is 2.60. The molecule has 5 rings (SSSR count). The Morgan fingerprint density at radius 3 is 2.42 bits per heavy atom. The Balaban J connectivity index is 1.48. The Morgan fingerprint density at radius 2 is 1.73 bits per heavy atom. The van der Waals surface area contributed by atoms with Crippen molar-refractivity contribution in [1.82, 2.24) is 4.83 Å². The van der Waals surface area contributed by atoms with Crippen LogP contribution in [0.5, 0.6) is 0 Å². The van der Waals surface area contributed by atoms with E-state index in [-0.39, 0.29) is 27.7 Å². The van der Waals surface area contributed by atoms with Crippen molar-refractivity contribution in [1.29, 1.82) is 0 Å². The molecule has 0 heterocycles. The summed E-state index contributed by atoms with van der Waals surface area (Å²) in [6.45, 7) is 14.0. The molecule has 222 valence electrons. The van der Waals surface area contributed by atoms with Crippen LogP contribution in [0.4, 0.5) is 0 Å². The van der Waals surface area contributed by atoms with Crippen LogP contribution in [0.3, 0.4) is 0 Å². The van der Waals surface area contributed by atoms with Crippen LogP contribution in [-0.4, -0.2) is 25.3 Å². The minimum absolute atomic E-state index is 0.0566. The Morgan fingerprint density at radius 1 is 1.00 bits per heavy atom. The summed E-state index contributed by atoms with van der Waals surface area (Å²) in [6, 6.07) is 6.94. The fraction of sp³-hybridized carbons (Fsp3) is 0.735. The summed E-state index contributed by atoms with van der Waals surface area (Å²) >= 11 is 0. The number of fused-ring (bicyclic) bond motifs is 5. The zero-order valence-corrected chi connectivity index (χ0v) is 26.4. The van der Waals surface area contributed by atoms with E-state index in [1.165, 1.54) is 44.1 Å². The van der Waals surface area contributed by atoms with Gasteiger partial charge in [0.15, 0.2) is 0 Å². The predicted octanol–water partition coefficient (Wildman–Crippen LogP) is 7.64. The Hall–Kier alpha value is -1.66. The van der Waals surface area contributed by atoms with E-state index in [4.69, 9.17) is 5.10 Å². The van der Waals surface area contributed by atoms with E-state index in [1.807, 2.05) is 19.1 Å². The van der Waals surface area contributed by atoms with Crippen LogP contribution in [0.25, 0.3) is 0 Å². The molecule has 0 aromatic heterocycles. The number of rotatable bonds is 8. The van der Waals surface area contributed by atoms with E-state index in [1.54, 1.807) is 12.1 Å². The molecule has 8 atom stereocenters. The highest BCUT2D eigenvalue weighted by Crippen LogP contribution is 2.66. The smallest absolute Gasteiger partial charge is 0.276 e. The van der Waals surface area contributed by atoms with Gasteiger partial charge in [-0.15, -0.1) is 0 Å². The van der Waals surface area contributed by atoms with Gasteiger partial charge in [-0.2, -0.15) is 18.4 Å². The number of nitrogens with one attached hydrogen (secondary N) is 1. The molecule has 4 aliphatic carbocycles. The Kier molecular flexibility index (Phi) is 8.35. The van der Waals surface area contributed by atoms with Gasteiger partial charge in [-0.25, -0.2) is 0 Å². The van der Waals surface area contributed by atoms with Gasteiger partial charge in [0.2, 0.25) is 0 Å². The summed E-state index contributed by atoms with van der Waals surface area (Å²) in [5.41, 5.74) is 3.50. The highest BCUT2D eigenvalue weighted by atomic mass is 32.2. The number of allylic oxidation sites excluding steroid dienone is 1. The third-order valence-corrected chi connectivity index (χ3v) is 13.0. The van der Waals surface area contributed by atoms with Gasteiger partial charge >= 0.3 is 0 Å². The quantitative estimate of drug-likeness (QED) is 0.316. The molecule has 0 radical (unpaired) electrons. The summed E-state index contributed by atoms with van der Waals surface area (Å²) < 4.78 is 26.5. The molecule has 5 nitrogen and oxygen atoms in total. The van der Waals surface area contributed by atoms with Gasteiger partial charge in [-0.05, 0) is 110 Å². The number of nitrogens with zero attached hydrogens (tertiary/aromatic N) is 1. The average Bonchev–Trinajstić information content (AvgIpc) is 3.25. The molecule has 0 saturated heterocycles. The molecule has 3 saturated carbocycles. The molecule has 1 aromatic carbocycles. The van der Waals surface area contributed by atoms with Crippen LogP contribution in [0.2, 0.25) is 0 Å².